The number of methoxy groups -OCH3 is 2. The van der Waals surface area contributed by atoms with E-state index in [2.05, 4.69) is 21.1 Å². The van der Waals surface area contributed by atoms with E-state index in [1.54, 1.807) is 6.07 Å². The summed E-state index contributed by atoms with van der Waals surface area (Å²) < 4.78 is 11.3. The summed E-state index contributed by atoms with van der Waals surface area (Å²) in [5.41, 5.74) is 1.69. The minimum atomic E-state index is -0.274. The lowest BCUT2D eigenvalue weighted by Gasteiger charge is -2.13. The first-order chi connectivity index (χ1) is 11.4. The van der Waals surface area contributed by atoms with Gasteiger partial charge in [-0.3, -0.25) is 4.79 Å². The standard InChI is InChI=1S/C17H20BrNO5/c1-9(19-24-4)5-10-6-15(23-3)16(17(10)21)11-7-13(20)12(18)8-14(11)22-2/h7-8,10,20H,5-6H2,1-4H3. The number of Topliss-reactive ketones (excluding diaryl/α,β-unsaturated/α-hetero) is 1. The first kappa shape index (κ1) is 18.3. The molecule has 130 valence electrons. The number of carbonyl (C=O) groups excluding carboxylic acids is 1. The molecule has 0 bridgehead atoms. The molecule has 2 rings (SSSR count). The first-order valence-electron chi connectivity index (χ1n) is 7.37. The number of nitrogens with zero attached hydrogens (tertiary/aromatic N) is 1. The minimum Gasteiger partial charge on any atom is -0.507 e. The third kappa shape index (κ3) is 3.56. The highest BCUT2D eigenvalue weighted by Gasteiger charge is 2.36. The van der Waals surface area contributed by atoms with Crippen molar-refractivity contribution in [1.82, 2.24) is 0 Å². The second-order valence-electron chi connectivity index (χ2n) is 5.48. The largest absolute Gasteiger partial charge is 0.507 e. The predicted molar refractivity (Wildman–Crippen MR) is 94.1 cm³/mol. The lowest BCUT2D eigenvalue weighted by molar-refractivity contribution is -0.116. The molecule has 7 heteroatoms. The highest BCUT2D eigenvalue weighted by Crippen LogP contribution is 2.43. The number of aromatic hydroxyl groups is 1. The SMILES string of the molecule is CON=C(C)CC1CC(OC)=C(c2cc(O)c(Br)cc2OC)C1=O. The molecule has 1 N–H and O–H groups in total. The topological polar surface area (TPSA) is 77.3 Å². The zero-order valence-electron chi connectivity index (χ0n) is 14.1. The molecule has 1 aromatic rings. The van der Waals surface area contributed by atoms with E-state index in [-0.39, 0.29) is 17.5 Å². The molecule has 1 unspecified atom stereocenters. The van der Waals surface area contributed by atoms with Crippen LogP contribution in [0.5, 0.6) is 11.5 Å². The van der Waals surface area contributed by atoms with Crippen LogP contribution in [0.15, 0.2) is 27.5 Å². The fourth-order valence-corrected chi connectivity index (χ4v) is 3.17. The Hall–Kier alpha value is -2.02. The smallest absolute Gasteiger partial charge is 0.170 e. The van der Waals surface area contributed by atoms with Gasteiger partial charge in [-0.15, -0.1) is 0 Å². The van der Waals surface area contributed by atoms with Gasteiger partial charge in [0.05, 0.1) is 30.0 Å². The van der Waals surface area contributed by atoms with Gasteiger partial charge < -0.3 is 19.4 Å². The van der Waals surface area contributed by atoms with Crippen molar-refractivity contribution < 1.29 is 24.2 Å². The Kier molecular flexibility index (Phi) is 5.88. The number of phenols is 1. The van der Waals surface area contributed by atoms with Gasteiger partial charge in [0.1, 0.15) is 24.4 Å². The summed E-state index contributed by atoms with van der Waals surface area (Å²) in [6.45, 7) is 1.81. The van der Waals surface area contributed by atoms with E-state index in [9.17, 15) is 9.90 Å². The quantitative estimate of drug-likeness (QED) is 0.586. The van der Waals surface area contributed by atoms with Crippen LogP contribution >= 0.6 is 15.9 Å². The summed E-state index contributed by atoms with van der Waals surface area (Å²) in [7, 11) is 4.52. The maximum atomic E-state index is 12.9. The lowest BCUT2D eigenvalue weighted by Crippen LogP contribution is -2.14. The second kappa shape index (κ2) is 7.70. The van der Waals surface area contributed by atoms with E-state index in [4.69, 9.17) is 14.3 Å². The third-order valence-corrected chi connectivity index (χ3v) is 4.54. The number of hydrogen-bond donors (Lipinski definition) is 1. The zero-order chi connectivity index (χ0) is 17.9. The number of benzene rings is 1. The molecule has 1 aliphatic rings. The number of hydrogen-bond acceptors (Lipinski definition) is 6. The van der Waals surface area contributed by atoms with Gasteiger partial charge in [-0.25, -0.2) is 0 Å². The Balaban J connectivity index is 2.43. The third-order valence-electron chi connectivity index (χ3n) is 3.90. The summed E-state index contributed by atoms with van der Waals surface area (Å²) in [5.74, 6) is 0.764. The molecule has 1 aliphatic carbocycles. The Morgan fingerprint density at radius 1 is 1.33 bits per heavy atom. The molecule has 24 heavy (non-hydrogen) atoms. The van der Waals surface area contributed by atoms with Crippen LogP contribution in [-0.2, 0) is 14.4 Å². The molecular formula is C17H20BrNO5. The monoisotopic (exact) mass is 397 g/mol. The molecule has 0 heterocycles. The van der Waals surface area contributed by atoms with E-state index in [1.807, 2.05) is 6.92 Å². The maximum Gasteiger partial charge on any atom is 0.170 e. The fourth-order valence-electron chi connectivity index (χ4n) is 2.85. The first-order valence-corrected chi connectivity index (χ1v) is 8.17. The van der Waals surface area contributed by atoms with E-state index < -0.39 is 0 Å². The minimum absolute atomic E-state index is 0.0297. The zero-order valence-corrected chi connectivity index (χ0v) is 15.6. The van der Waals surface area contributed by atoms with Gasteiger partial charge in [0, 0.05) is 17.9 Å². The predicted octanol–water partition coefficient (Wildman–Crippen LogP) is 3.52. The van der Waals surface area contributed by atoms with Crippen LogP contribution in [-0.4, -0.2) is 37.9 Å². The van der Waals surface area contributed by atoms with Crippen molar-refractivity contribution in [2.24, 2.45) is 11.1 Å². The lowest BCUT2D eigenvalue weighted by atomic mass is 9.94. The second-order valence-corrected chi connectivity index (χ2v) is 6.34. The molecule has 0 amide bonds. The summed E-state index contributed by atoms with van der Waals surface area (Å²) in [5, 5.41) is 13.9. The molecule has 0 radical (unpaired) electrons. The number of ether oxygens (including phenoxy) is 2. The molecular weight excluding hydrogens is 378 g/mol. The van der Waals surface area contributed by atoms with Crippen LogP contribution in [0.4, 0.5) is 0 Å². The molecule has 0 aliphatic heterocycles. The van der Waals surface area contributed by atoms with Crippen molar-refractivity contribution in [3.8, 4) is 11.5 Å². The van der Waals surface area contributed by atoms with Crippen LogP contribution in [0.25, 0.3) is 5.57 Å². The molecule has 0 spiro atoms. The summed E-state index contributed by atoms with van der Waals surface area (Å²) in [4.78, 5) is 17.6. The van der Waals surface area contributed by atoms with Gasteiger partial charge in [0.25, 0.3) is 0 Å². The number of oxime groups is 1. The Bertz CT molecular complexity index is 711. The van der Waals surface area contributed by atoms with Crippen molar-refractivity contribution in [2.75, 3.05) is 21.3 Å². The Morgan fingerprint density at radius 3 is 2.62 bits per heavy atom. The van der Waals surface area contributed by atoms with Gasteiger partial charge in [0.15, 0.2) is 5.78 Å². The van der Waals surface area contributed by atoms with Crippen LogP contribution in [0.1, 0.15) is 25.3 Å². The van der Waals surface area contributed by atoms with Crippen molar-refractivity contribution in [3.63, 3.8) is 0 Å². The molecule has 6 nitrogen and oxygen atoms in total. The van der Waals surface area contributed by atoms with E-state index in [1.165, 1.54) is 27.4 Å². The number of phenolic OH excluding ortho intramolecular Hbond substituents is 1. The molecule has 0 fully saturated rings. The molecule has 0 saturated heterocycles. The van der Waals surface area contributed by atoms with Gasteiger partial charge >= 0.3 is 0 Å². The number of ketones is 1. The normalized spacial score (nSPS) is 18.1. The molecule has 0 saturated carbocycles. The van der Waals surface area contributed by atoms with E-state index >= 15 is 0 Å². The highest BCUT2D eigenvalue weighted by molar-refractivity contribution is 9.10. The molecule has 1 atom stereocenters. The number of carbonyl (C=O) groups is 1. The van der Waals surface area contributed by atoms with Crippen molar-refractivity contribution in [1.29, 1.82) is 0 Å². The highest BCUT2D eigenvalue weighted by atomic mass is 79.9. The summed E-state index contributed by atoms with van der Waals surface area (Å²) >= 11 is 3.25. The Morgan fingerprint density at radius 2 is 2.04 bits per heavy atom. The van der Waals surface area contributed by atoms with Crippen molar-refractivity contribution in [2.45, 2.75) is 19.8 Å². The van der Waals surface area contributed by atoms with Crippen LogP contribution in [0.2, 0.25) is 0 Å². The summed E-state index contributed by atoms with van der Waals surface area (Å²) in [6.07, 6.45) is 0.953. The van der Waals surface area contributed by atoms with Gasteiger partial charge in [0.2, 0.25) is 0 Å². The number of halogens is 1. The average molecular weight is 398 g/mol. The number of rotatable bonds is 6. The van der Waals surface area contributed by atoms with Gasteiger partial charge in [-0.1, -0.05) is 5.16 Å². The fraction of sp³-hybridized carbons (Fsp3) is 0.412. The molecule has 1 aromatic carbocycles. The Labute approximate surface area is 149 Å². The van der Waals surface area contributed by atoms with Crippen LogP contribution in [0.3, 0.4) is 0 Å². The van der Waals surface area contributed by atoms with Crippen molar-refractivity contribution in [3.05, 3.63) is 27.9 Å². The van der Waals surface area contributed by atoms with E-state index in [0.717, 1.165) is 5.71 Å². The average Bonchev–Trinajstić information content (AvgIpc) is 2.85. The van der Waals surface area contributed by atoms with Crippen molar-refractivity contribution >= 4 is 33.0 Å². The van der Waals surface area contributed by atoms with Crippen LogP contribution in [0, 0.1) is 5.92 Å². The number of allylic oxidation sites excluding steroid dienone is 2. The summed E-state index contributed by atoms with van der Waals surface area (Å²) in [6, 6.07) is 3.14. The van der Waals surface area contributed by atoms with Gasteiger partial charge in [-0.05, 0) is 41.4 Å². The van der Waals surface area contributed by atoms with Crippen LogP contribution < -0.4 is 4.74 Å². The maximum absolute atomic E-state index is 12.9. The van der Waals surface area contributed by atoms with Gasteiger partial charge in [-0.2, -0.15) is 0 Å². The molecule has 0 aromatic heterocycles. The van der Waals surface area contributed by atoms with E-state index in [0.29, 0.717) is 40.0 Å².